The standard InChI is InChI=1S/C29H30ClFN4O3/c1-5-21(36)33-10-11-34(17(3)13-33)27-19-12-20(30)23-22-18(7-6-16(2)24(22)31)14-38-26(23)25(19)35(28(37)32-27)15-29(4)8-9-29/h5-7,12,17H,1,8-11,13-15H2,2-4H3/t17-/m0/s1. The fourth-order valence-electron chi connectivity index (χ4n) is 5.72. The molecule has 3 aromatic rings. The Bertz CT molecular complexity index is 1580. The van der Waals surface area contributed by atoms with Gasteiger partial charge in [0.25, 0.3) is 0 Å². The van der Waals surface area contributed by atoms with Gasteiger partial charge in [-0.2, -0.15) is 4.98 Å². The number of hydrogen-bond donors (Lipinski definition) is 0. The minimum atomic E-state index is -0.374. The molecule has 0 spiro atoms. The lowest BCUT2D eigenvalue weighted by molar-refractivity contribution is -0.126. The average molecular weight is 537 g/mol. The Morgan fingerprint density at radius 1 is 1.32 bits per heavy atom. The highest BCUT2D eigenvalue weighted by Gasteiger charge is 2.40. The highest BCUT2D eigenvalue weighted by molar-refractivity contribution is 6.35. The number of rotatable bonds is 4. The molecule has 6 rings (SSSR count). The van der Waals surface area contributed by atoms with Gasteiger partial charge in [-0.25, -0.2) is 9.18 Å². The Hall–Kier alpha value is -3.39. The summed E-state index contributed by atoms with van der Waals surface area (Å²) in [6, 6.07) is 5.29. The number of anilines is 1. The Morgan fingerprint density at radius 2 is 2.08 bits per heavy atom. The van der Waals surface area contributed by atoms with Crippen LogP contribution in [-0.4, -0.2) is 46.0 Å². The van der Waals surface area contributed by atoms with E-state index < -0.39 is 0 Å². The van der Waals surface area contributed by atoms with Crippen molar-refractivity contribution in [2.75, 3.05) is 24.5 Å². The third-order valence-electron chi connectivity index (χ3n) is 8.22. The SMILES string of the molecule is C=CC(=O)N1CCN(c2nc(=O)n(CC3(C)CC3)c3c4c(c(Cl)cc23)-c2c(ccc(C)c2F)CO4)[C@@H](C)C1. The third-order valence-corrected chi connectivity index (χ3v) is 8.52. The maximum Gasteiger partial charge on any atom is 0.350 e. The number of aryl methyl sites for hydroxylation is 1. The zero-order chi connectivity index (χ0) is 26.9. The molecule has 1 amide bonds. The number of carbonyl (C=O) groups excluding carboxylic acids is 1. The molecule has 1 saturated heterocycles. The van der Waals surface area contributed by atoms with Gasteiger partial charge in [0.05, 0.1) is 10.5 Å². The molecule has 9 heteroatoms. The fraction of sp³-hybridized carbons (Fsp3) is 0.414. The van der Waals surface area contributed by atoms with E-state index in [9.17, 15) is 9.59 Å². The van der Waals surface area contributed by atoms with E-state index >= 15 is 4.39 Å². The lowest BCUT2D eigenvalue weighted by Gasteiger charge is -2.40. The Labute approximate surface area is 225 Å². The van der Waals surface area contributed by atoms with Crippen molar-refractivity contribution in [2.24, 2.45) is 5.41 Å². The monoisotopic (exact) mass is 536 g/mol. The van der Waals surface area contributed by atoms with Gasteiger partial charge in [0.15, 0.2) is 5.75 Å². The van der Waals surface area contributed by atoms with Gasteiger partial charge in [0, 0.05) is 54.3 Å². The van der Waals surface area contributed by atoms with Crippen LogP contribution in [0.2, 0.25) is 5.02 Å². The van der Waals surface area contributed by atoms with Crippen molar-refractivity contribution in [2.45, 2.75) is 52.8 Å². The fourth-order valence-corrected chi connectivity index (χ4v) is 6.01. The molecule has 0 bridgehead atoms. The molecule has 38 heavy (non-hydrogen) atoms. The molecule has 198 valence electrons. The maximum atomic E-state index is 15.5. The lowest BCUT2D eigenvalue weighted by atomic mass is 9.93. The van der Waals surface area contributed by atoms with E-state index in [-0.39, 0.29) is 35.5 Å². The van der Waals surface area contributed by atoms with E-state index in [4.69, 9.17) is 16.3 Å². The van der Waals surface area contributed by atoms with E-state index in [1.807, 2.05) is 17.9 Å². The van der Waals surface area contributed by atoms with E-state index in [1.165, 1.54) is 6.08 Å². The van der Waals surface area contributed by atoms with Crippen LogP contribution >= 0.6 is 11.6 Å². The number of hydrogen-bond acceptors (Lipinski definition) is 5. The number of ether oxygens (including phenoxy) is 1. The minimum Gasteiger partial charge on any atom is -0.486 e. The summed E-state index contributed by atoms with van der Waals surface area (Å²) in [6.07, 6.45) is 3.36. The largest absolute Gasteiger partial charge is 0.486 e. The molecule has 1 aliphatic carbocycles. The normalized spacial score (nSPS) is 19.6. The van der Waals surface area contributed by atoms with Crippen molar-refractivity contribution in [3.05, 3.63) is 63.3 Å². The highest BCUT2D eigenvalue weighted by Crippen LogP contribution is 2.51. The molecule has 0 unspecified atom stereocenters. The van der Waals surface area contributed by atoms with Crippen LogP contribution < -0.4 is 15.3 Å². The first-order valence-electron chi connectivity index (χ1n) is 13.0. The van der Waals surface area contributed by atoms with Gasteiger partial charge in [-0.1, -0.05) is 37.2 Å². The van der Waals surface area contributed by atoms with Crippen molar-refractivity contribution in [3.63, 3.8) is 0 Å². The van der Waals surface area contributed by atoms with Crippen LogP contribution in [0, 0.1) is 18.2 Å². The summed E-state index contributed by atoms with van der Waals surface area (Å²) in [4.78, 5) is 34.2. The van der Waals surface area contributed by atoms with E-state index in [0.29, 0.717) is 70.4 Å². The van der Waals surface area contributed by atoms with Crippen molar-refractivity contribution < 1.29 is 13.9 Å². The van der Waals surface area contributed by atoms with Gasteiger partial charge < -0.3 is 14.5 Å². The molecule has 2 fully saturated rings. The first-order valence-corrected chi connectivity index (χ1v) is 13.4. The van der Waals surface area contributed by atoms with Crippen molar-refractivity contribution in [3.8, 4) is 16.9 Å². The Morgan fingerprint density at radius 3 is 2.76 bits per heavy atom. The number of fused-ring (bicyclic) bond motifs is 5. The number of carbonyl (C=O) groups is 1. The topological polar surface area (TPSA) is 67.7 Å². The second-order valence-electron chi connectivity index (χ2n) is 11.1. The molecule has 2 aromatic carbocycles. The smallest absolute Gasteiger partial charge is 0.350 e. The van der Waals surface area contributed by atoms with Gasteiger partial charge in [0.1, 0.15) is 18.2 Å². The van der Waals surface area contributed by atoms with Crippen molar-refractivity contribution in [1.82, 2.24) is 14.5 Å². The van der Waals surface area contributed by atoms with Crippen LogP contribution in [0.5, 0.6) is 5.75 Å². The number of benzene rings is 2. The van der Waals surface area contributed by atoms with Crippen LogP contribution in [0.25, 0.3) is 22.0 Å². The van der Waals surface area contributed by atoms with Crippen LogP contribution in [0.3, 0.4) is 0 Å². The zero-order valence-corrected chi connectivity index (χ0v) is 22.6. The number of amides is 1. The molecule has 1 atom stereocenters. The second-order valence-corrected chi connectivity index (χ2v) is 11.5. The molecular weight excluding hydrogens is 507 g/mol. The van der Waals surface area contributed by atoms with Gasteiger partial charge in [-0.05, 0) is 49.8 Å². The van der Waals surface area contributed by atoms with Gasteiger partial charge in [0.2, 0.25) is 5.91 Å². The number of nitrogens with zero attached hydrogens (tertiary/aromatic N) is 4. The molecule has 3 heterocycles. The van der Waals surface area contributed by atoms with Crippen molar-refractivity contribution >= 4 is 34.2 Å². The predicted molar refractivity (Wildman–Crippen MR) is 146 cm³/mol. The summed E-state index contributed by atoms with van der Waals surface area (Å²) in [5.41, 5.74) is 2.37. The van der Waals surface area contributed by atoms with E-state index in [2.05, 4.69) is 18.5 Å². The Balaban J connectivity index is 1.59. The minimum absolute atomic E-state index is 0.00481. The first kappa shape index (κ1) is 24.9. The molecule has 3 aliphatic rings. The van der Waals surface area contributed by atoms with Gasteiger partial charge in [-0.15, -0.1) is 0 Å². The average Bonchev–Trinajstić information content (AvgIpc) is 3.63. The highest BCUT2D eigenvalue weighted by atomic mass is 35.5. The molecular formula is C29H30ClFN4O3. The summed E-state index contributed by atoms with van der Waals surface area (Å²) < 4.78 is 23.5. The summed E-state index contributed by atoms with van der Waals surface area (Å²) in [6.45, 7) is 11.6. The second kappa shape index (κ2) is 8.83. The van der Waals surface area contributed by atoms with E-state index in [1.54, 1.807) is 28.5 Å². The summed E-state index contributed by atoms with van der Waals surface area (Å²) in [5, 5.41) is 1.03. The molecule has 2 aliphatic heterocycles. The lowest BCUT2D eigenvalue weighted by Crippen LogP contribution is -2.54. The first-order chi connectivity index (χ1) is 18.1. The van der Waals surface area contributed by atoms with E-state index in [0.717, 1.165) is 18.4 Å². The van der Waals surface area contributed by atoms with Crippen LogP contribution in [0.4, 0.5) is 10.2 Å². The third kappa shape index (κ3) is 3.88. The number of piperazine rings is 1. The molecule has 1 aromatic heterocycles. The van der Waals surface area contributed by atoms with Crippen LogP contribution in [0.15, 0.2) is 35.6 Å². The predicted octanol–water partition coefficient (Wildman–Crippen LogP) is 5.08. The zero-order valence-electron chi connectivity index (χ0n) is 21.8. The quantitative estimate of drug-likeness (QED) is 0.435. The molecule has 0 N–H and O–H groups in total. The van der Waals surface area contributed by atoms with Crippen LogP contribution in [-0.2, 0) is 17.9 Å². The molecule has 7 nitrogen and oxygen atoms in total. The van der Waals surface area contributed by atoms with Gasteiger partial charge >= 0.3 is 5.69 Å². The van der Waals surface area contributed by atoms with Crippen molar-refractivity contribution in [1.29, 1.82) is 0 Å². The summed E-state index contributed by atoms with van der Waals surface area (Å²) >= 11 is 6.90. The summed E-state index contributed by atoms with van der Waals surface area (Å²) in [7, 11) is 0. The maximum absolute atomic E-state index is 15.5. The number of halogens is 2. The molecule has 0 radical (unpaired) electrons. The van der Waals surface area contributed by atoms with Crippen LogP contribution in [0.1, 0.15) is 37.8 Å². The number of aromatic nitrogens is 2. The van der Waals surface area contributed by atoms with Gasteiger partial charge in [-0.3, -0.25) is 9.36 Å². The molecule has 1 saturated carbocycles. The summed E-state index contributed by atoms with van der Waals surface area (Å²) in [5.74, 6) is 0.470. The Kier molecular flexibility index (Phi) is 5.79.